The Bertz CT molecular complexity index is 848. The number of fused-ring (bicyclic) bond motifs is 1. The van der Waals surface area contributed by atoms with E-state index in [0.29, 0.717) is 19.1 Å². The van der Waals surface area contributed by atoms with E-state index in [2.05, 4.69) is 53.6 Å². The molecule has 0 radical (unpaired) electrons. The zero-order valence-electron chi connectivity index (χ0n) is 16.2. The summed E-state index contributed by atoms with van der Waals surface area (Å²) in [6.07, 6.45) is 4.62. The number of nitrogens with zero attached hydrogens (tertiary/aromatic N) is 1. The Morgan fingerprint density at radius 2 is 2.07 bits per heavy atom. The Kier molecular flexibility index (Phi) is 7.18. The maximum Gasteiger partial charge on any atom is 0.193 e. The fraction of sp³-hybridized carbons (Fsp3) is 0.409. The van der Waals surface area contributed by atoms with Crippen LogP contribution in [-0.4, -0.2) is 25.3 Å². The normalized spacial score (nSPS) is 18.5. The number of guanidine groups is 1. The van der Waals surface area contributed by atoms with E-state index in [1.165, 1.54) is 29.5 Å². The lowest BCUT2D eigenvalue weighted by atomic mass is 10.1. The number of ether oxygens (including phenoxy) is 2. The van der Waals surface area contributed by atoms with Crippen molar-refractivity contribution in [3.63, 3.8) is 0 Å². The van der Waals surface area contributed by atoms with Gasteiger partial charge < -0.3 is 20.5 Å². The van der Waals surface area contributed by atoms with Crippen LogP contribution < -0.4 is 15.8 Å². The van der Waals surface area contributed by atoms with Crippen molar-refractivity contribution >= 4 is 35.6 Å². The minimum Gasteiger partial charge on any atom is -0.488 e. The lowest BCUT2D eigenvalue weighted by molar-refractivity contribution is 0.140. The molecule has 1 fully saturated rings. The van der Waals surface area contributed by atoms with Crippen LogP contribution in [0.1, 0.15) is 35.1 Å². The molecule has 1 atom stereocenters. The molecule has 5 nitrogen and oxygen atoms in total. The minimum absolute atomic E-state index is 0. The molecule has 0 aromatic heterocycles. The van der Waals surface area contributed by atoms with Crippen LogP contribution in [0, 0.1) is 6.92 Å². The Labute approximate surface area is 183 Å². The summed E-state index contributed by atoms with van der Waals surface area (Å²) in [7, 11) is 0. The van der Waals surface area contributed by atoms with Crippen molar-refractivity contribution in [3.8, 4) is 5.75 Å². The van der Waals surface area contributed by atoms with Gasteiger partial charge in [0, 0.05) is 17.7 Å². The van der Waals surface area contributed by atoms with E-state index in [-0.39, 0.29) is 30.1 Å². The largest absolute Gasteiger partial charge is 0.488 e. The first-order valence-corrected chi connectivity index (χ1v) is 9.70. The Hall–Kier alpha value is -1.80. The standard InChI is InChI=1S/C22H27N3O2.HI/c1-15-5-6-18(21(11-15)27-20-9-10-26-14-20)13-24-22(23)25-19-8-7-16-3-2-4-17(16)12-19;/h5-8,11-12,20H,2-4,9-10,13-14H2,1H3,(H3,23,24,25);1H. The molecule has 1 heterocycles. The summed E-state index contributed by atoms with van der Waals surface area (Å²) in [5, 5.41) is 3.21. The number of aliphatic imine (C=N–C) groups is 1. The molecule has 0 spiro atoms. The average Bonchev–Trinajstić information content (AvgIpc) is 3.32. The number of aryl methyl sites for hydroxylation is 3. The van der Waals surface area contributed by atoms with E-state index >= 15 is 0 Å². The summed E-state index contributed by atoms with van der Waals surface area (Å²) < 4.78 is 11.5. The third-order valence-electron chi connectivity index (χ3n) is 5.19. The average molecular weight is 493 g/mol. The van der Waals surface area contributed by atoms with Crippen LogP contribution in [0.25, 0.3) is 0 Å². The number of nitrogens with two attached hydrogens (primary N) is 1. The first-order valence-electron chi connectivity index (χ1n) is 9.70. The van der Waals surface area contributed by atoms with Gasteiger partial charge in [-0.3, -0.25) is 0 Å². The summed E-state index contributed by atoms with van der Waals surface area (Å²) in [4.78, 5) is 4.52. The van der Waals surface area contributed by atoms with E-state index in [1.54, 1.807) is 0 Å². The van der Waals surface area contributed by atoms with Gasteiger partial charge in [0.15, 0.2) is 5.96 Å². The molecule has 28 heavy (non-hydrogen) atoms. The number of rotatable bonds is 5. The predicted molar refractivity (Wildman–Crippen MR) is 124 cm³/mol. The van der Waals surface area contributed by atoms with Crippen molar-refractivity contribution in [1.82, 2.24) is 0 Å². The molecular weight excluding hydrogens is 465 g/mol. The molecule has 1 aliphatic heterocycles. The zero-order chi connectivity index (χ0) is 18.6. The van der Waals surface area contributed by atoms with Crippen LogP contribution in [0.4, 0.5) is 5.69 Å². The van der Waals surface area contributed by atoms with Gasteiger partial charge in [0.05, 0.1) is 19.8 Å². The monoisotopic (exact) mass is 493 g/mol. The molecule has 1 unspecified atom stereocenters. The van der Waals surface area contributed by atoms with Gasteiger partial charge in [-0.25, -0.2) is 4.99 Å². The number of nitrogens with one attached hydrogen (secondary N) is 1. The van der Waals surface area contributed by atoms with Crippen molar-refractivity contribution in [1.29, 1.82) is 0 Å². The number of halogens is 1. The number of hydrogen-bond donors (Lipinski definition) is 2. The maximum atomic E-state index is 6.13. The molecule has 0 amide bonds. The van der Waals surface area contributed by atoms with Gasteiger partial charge in [0.25, 0.3) is 0 Å². The molecule has 1 saturated heterocycles. The van der Waals surface area contributed by atoms with Crippen LogP contribution in [-0.2, 0) is 24.1 Å². The zero-order valence-corrected chi connectivity index (χ0v) is 18.6. The van der Waals surface area contributed by atoms with E-state index < -0.39 is 0 Å². The molecular formula is C22H28IN3O2. The van der Waals surface area contributed by atoms with Gasteiger partial charge in [-0.1, -0.05) is 18.2 Å². The highest BCUT2D eigenvalue weighted by atomic mass is 127. The summed E-state index contributed by atoms with van der Waals surface area (Å²) in [5.41, 5.74) is 12.2. The highest BCUT2D eigenvalue weighted by Crippen LogP contribution is 2.26. The van der Waals surface area contributed by atoms with Gasteiger partial charge in [-0.2, -0.15) is 0 Å². The molecule has 2 aliphatic rings. The van der Waals surface area contributed by atoms with Gasteiger partial charge in [0.2, 0.25) is 0 Å². The second kappa shape index (κ2) is 9.60. The van der Waals surface area contributed by atoms with Gasteiger partial charge >= 0.3 is 0 Å². The van der Waals surface area contributed by atoms with E-state index in [0.717, 1.165) is 36.4 Å². The molecule has 0 bridgehead atoms. The SMILES string of the molecule is Cc1ccc(CN=C(N)Nc2ccc3c(c2)CCC3)c(OC2CCOC2)c1.I. The van der Waals surface area contributed by atoms with Crippen LogP contribution in [0.2, 0.25) is 0 Å². The first kappa shape index (κ1) is 20.9. The highest BCUT2D eigenvalue weighted by Gasteiger charge is 2.18. The summed E-state index contributed by atoms with van der Waals surface area (Å²) in [5.74, 6) is 1.29. The Morgan fingerprint density at radius 3 is 2.89 bits per heavy atom. The molecule has 2 aromatic rings. The smallest absolute Gasteiger partial charge is 0.193 e. The lowest BCUT2D eigenvalue weighted by Crippen LogP contribution is -2.23. The van der Waals surface area contributed by atoms with E-state index in [1.807, 2.05) is 0 Å². The molecule has 0 saturated carbocycles. The van der Waals surface area contributed by atoms with Crippen molar-refractivity contribution in [2.24, 2.45) is 10.7 Å². The van der Waals surface area contributed by atoms with Crippen LogP contribution in [0.3, 0.4) is 0 Å². The number of anilines is 1. The molecule has 3 N–H and O–H groups in total. The lowest BCUT2D eigenvalue weighted by Gasteiger charge is -2.16. The molecule has 2 aromatic carbocycles. The Morgan fingerprint density at radius 1 is 1.21 bits per heavy atom. The number of hydrogen-bond acceptors (Lipinski definition) is 3. The van der Waals surface area contributed by atoms with Crippen molar-refractivity contribution in [2.45, 2.75) is 45.3 Å². The quantitative estimate of drug-likeness (QED) is 0.372. The van der Waals surface area contributed by atoms with Crippen LogP contribution in [0.15, 0.2) is 41.4 Å². The van der Waals surface area contributed by atoms with E-state index in [4.69, 9.17) is 15.2 Å². The molecule has 6 heteroatoms. The van der Waals surface area contributed by atoms with Gasteiger partial charge in [-0.15, -0.1) is 24.0 Å². The summed E-state index contributed by atoms with van der Waals surface area (Å²) in [6, 6.07) is 12.7. The van der Waals surface area contributed by atoms with Crippen LogP contribution >= 0.6 is 24.0 Å². The van der Waals surface area contributed by atoms with Crippen LogP contribution in [0.5, 0.6) is 5.75 Å². The Balaban J connectivity index is 0.00000225. The first-order chi connectivity index (χ1) is 13.2. The second-order valence-electron chi connectivity index (χ2n) is 7.38. The molecule has 1 aliphatic carbocycles. The minimum atomic E-state index is 0. The maximum absolute atomic E-state index is 6.13. The second-order valence-corrected chi connectivity index (χ2v) is 7.38. The molecule has 150 valence electrons. The number of benzene rings is 2. The molecule has 4 rings (SSSR count). The van der Waals surface area contributed by atoms with Gasteiger partial charge in [-0.05, 0) is 61.1 Å². The fourth-order valence-electron chi connectivity index (χ4n) is 3.69. The van der Waals surface area contributed by atoms with Crippen molar-refractivity contribution < 1.29 is 9.47 Å². The third kappa shape index (κ3) is 5.17. The summed E-state index contributed by atoms with van der Waals surface area (Å²) >= 11 is 0. The third-order valence-corrected chi connectivity index (χ3v) is 5.19. The predicted octanol–water partition coefficient (Wildman–Crippen LogP) is 4.20. The van der Waals surface area contributed by atoms with Crippen molar-refractivity contribution in [3.05, 3.63) is 58.7 Å². The fourth-order valence-corrected chi connectivity index (χ4v) is 3.69. The van der Waals surface area contributed by atoms with Crippen molar-refractivity contribution in [2.75, 3.05) is 18.5 Å². The highest BCUT2D eigenvalue weighted by molar-refractivity contribution is 14.0. The van der Waals surface area contributed by atoms with E-state index in [9.17, 15) is 0 Å². The topological polar surface area (TPSA) is 68.9 Å². The summed E-state index contributed by atoms with van der Waals surface area (Å²) in [6.45, 7) is 3.96. The van der Waals surface area contributed by atoms with Gasteiger partial charge in [0.1, 0.15) is 11.9 Å².